The lowest BCUT2D eigenvalue weighted by Crippen LogP contribution is -2.54. The lowest BCUT2D eigenvalue weighted by molar-refractivity contribution is -0.384. The fraction of sp³-hybridized carbons (Fsp3) is 0.148. The van der Waals surface area contributed by atoms with Gasteiger partial charge in [0.2, 0.25) is 0 Å². The molecule has 0 spiro atoms. The Hall–Kier alpha value is -4.22. The Bertz CT molecular complexity index is 1540. The number of halogens is 2. The van der Waals surface area contributed by atoms with Crippen molar-refractivity contribution >= 4 is 62.8 Å². The Morgan fingerprint density at radius 2 is 1.85 bits per heavy atom. The van der Waals surface area contributed by atoms with Gasteiger partial charge < -0.3 is 9.47 Å². The van der Waals surface area contributed by atoms with Gasteiger partial charge in [0.15, 0.2) is 11.5 Å². The van der Waals surface area contributed by atoms with Gasteiger partial charge in [0.05, 0.1) is 21.7 Å². The molecule has 3 aromatic rings. The first-order valence-electron chi connectivity index (χ1n) is 11.6. The zero-order valence-corrected chi connectivity index (χ0v) is 23.0. The average molecular weight is 615 g/mol. The number of nitrogens with zero attached hydrogens (tertiary/aromatic N) is 2. The number of benzene rings is 3. The lowest BCUT2D eigenvalue weighted by atomic mass is 10.1. The summed E-state index contributed by atoms with van der Waals surface area (Å²) in [6, 6.07) is 13.2. The van der Waals surface area contributed by atoms with E-state index in [-0.39, 0.29) is 30.2 Å². The Balaban J connectivity index is 1.67. The maximum Gasteiger partial charge on any atom is 0.335 e. The molecular weight excluding hydrogens is 594 g/mol. The Labute approximate surface area is 236 Å². The van der Waals surface area contributed by atoms with Crippen LogP contribution < -0.4 is 19.7 Å². The summed E-state index contributed by atoms with van der Waals surface area (Å²) in [5.74, 6) is -1.02. The number of ether oxygens (including phenoxy) is 2. The number of hydrogen-bond acceptors (Lipinski definition) is 7. The van der Waals surface area contributed by atoms with Crippen LogP contribution in [0.25, 0.3) is 6.08 Å². The van der Waals surface area contributed by atoms with Crippen molar-refractivity contribution in [2.75, 3.05) is 11.5 Å². The zero-order chi connectivity index (χ0) is 28.3. The Kier molecular flexibility index (Phi) is 8.32. The van der Waals surface area contributed by atoms with Gasteiger partial charge in [-0.25, -0.2) is 9.69 Å². The first-order valence-corrected chi connectivity index (χ1v) is 12.8. The molecule has 1 saturated heterocycles. The van der Waals surface area contributed by atoms with Crippen molar-refractivity contribution in [3.05, 3.63) is 96.5 Å². The van der Waals surface area contributed by atoms with Gasteiger partial charge in [0, 0.05) is 17.2 Å². The number of hydrogen-bond donors (Lipinski definition) is 1. The number of nitrogens with one attached hydrogen (secondary N) is 1. The molecule has 1 N–H and O–H groups in total. The Morgan fingerprint density at radius 1 is 1.10 bits per heavy atom. The molecular formula is C27H21BrClN3O7. The van der Waals surface area contributed by atoms with Crippen LogP contribution in [-0.4, -0.2) is 29.4 Å². The molecule has 0 bridgehead atoms. The third-order valence-corrected chi connectivity index (χ3v) is 6.73. The van der Waals surface area contributed by atoms with Crippen LogP contribution in [0.5, 0.6) is 11.5 Å². The zero-order valence-electron chi connectivity index (χ0n) is 20.7. The minimum Gasteiger partial charge on any atom is -0.490 e. The summed E-state index contributed by atoms with van der Waals surface area (Å²) in [7, 11) is 0. The molecule has 10 nitrogen and oxygen atoms in total. The second-order valence-corrected chi connectivity index (χ2v) is 9.58. The second-order valence-electron chi connectivity index (χ2n) is 8.32. The summed E-state index contributed by atoms with van der Waals surface area (Å²) in [6.45, 7) is 3.75. The molecule has 1 aliphatic heterocycles. The summed E-state index contributed by atoms with van der Waals surface area (Å²) in [5.41, 5.74) is 1.43. The van der Waals surface area contributed by atoms with Crippen LogP contribution in [0.4, 0.5) is 16.2 Å². The highest BCUT2D eigenvalue weighted by molar-refractivity contribution is 9.10. The van der Waals surface area contributed by atoms with Crippen LogP contribution in [-0.2, 0) is 16.2 Å². The molecule has 4 amide bonds. The Morgan fingerprint density at radius 3 is 2.56 bits per heavy atom. The number of barbiturate groups is 1. The van der Waals surface area contributed by atoms with Gasteiger partial charge in [-0.3, -0.25) is 25.0 Å². The standard InChI is InChI=1S/C27H21BrClN3O7/c1-3-38-23-13-17(12-20(28)24(23)39-14-16-6-4-7-18(10-16)32(36)37)11-19-25(33)30-27(35)31(26(19)34)22-9-5-8-21(29)15(22)2/h4-13H,3,14H2,1-2H3,(H,30,33,35)/b19-11+. The van der Waals surface area contributed by atoms with Crippen LogP contribution in [0.15, 0.2) is 64.6 Å². The normalized spacial score (nSPS) is 14.4. The van der Waals surface area contributed by atoms with E-state index in [4.69, 9.17) is 21.1 Å². The van der Waals surface area contributed by atoms with E-state index in [0.717, 1.165) is 4.90 Å². The van der Waals surface area contributed by atoms with Crippen molar-refractivity contribution in [1.82, 2.24) is 5.32 Å². The molecule has 1 fully saturated rings. The van der Waals surface area contributed by atoms with Crippen molar-refractivity contribution in [2.24, 2.45) is 0 Å². The highest BCUT2D eigenvalue weighted by Crippen LogP contribution is 2.38. The molecule has 0 unspecified atom stereocenters. The predicted octanol–water partition coefficient (Wildman–Crippen LogP) is 5.96. The number of carbonyl (C=O) groups is 3. The molecule has 0 aromatic heterocycles. The molecule has 1 aliphatic rings. The maximum atomic E-state index is 13.3. The van der Waals surface area contributed by atoms with Crippen LogP contribution in [0.1, 0.15) is 23.6 Å². The highest BCUT2D eigenvalue weighted by atomic mass is 79.9. The molecule has 4 rings (SSSR count). The second kappa shape index (κ2) is 11.7. The van der Waals surface area contributed by atoms with Crippen molar-refractivity contribution in [3.63, 3.8) is 0 Å². The van der Waals surface area contributed by atoms with E-state index in [1.807, 2.05) is 0 Å². The van der Waals surface area contributed by atoms with Gasteiger partial charge in [-0.05, 0) is 76.8 Å². The quantitative estimate of drug-likeness (QED) is 0.143. The van der Waals surface area contributed by atoms with Crippen molar-refractivity contribution in [3.8, 4) is 11.5 Å². The maximum absolute atomic E-state index is 13.3. The monoisotopic (exact) mass is 613 g/mol. The van der Waals surface area contributed by atoms with E-state index in [1.165, 1.54) is 18.2 Å². The lowest BCUT2D eigenvalue weighted by Gasteiger charge is -2.27. The molecule has 39 heavy (non-hydrogen) atoms. The molecule has 12 heteroatoms. The number of rotatable bonds is 8. The summed E-state index contributed by atoms with van der Waals surface area (Å²) >= 11 is 9.62. The van der Waals surface area contributed by atoms with Gasteiger partial charge in [-0.2, -0.15) is 0 Å². The number of nitro groups is 1. The number of amides is 4. The largest absolute Gasteiger partial charge is 0.490 e. The van der Waals surface area contributed by atoms with Gasteiger partial charge in [-0.1, -0.05) is 29.8 Å². The van der Waals surface area contributed by atoms with E-state index in [9.17, 15) is 24.5 Å². The fourth-order valence-corrected chi connectivity index (χ4v) is 4.61. The summed E-state index contributed by atoms with van der Waals surface area (Å²) in [5, 5.41) is 13.6. The fourth-order valence-electron chi connectivity index (χ4n) is 3.87. The number of urea groups is 1. The highest BCUT2D eigenvalue weighted by Gasteiger charge is 2.37. The summed E-state index contributed by atoms with van der Waals surface area (Å²) < 4.78 is 12.1. The van der Waals surface area contributed by atoms with Gasteiger partial charge in [0.25, 0.3) is 17.5 Å². The molecule has 0 radical (unpaired) electrons. The van der Waals surface area contributed by atoms with Crippen LogP contribution in [0.2, 0.25) is 5.02 Å². The molecule has 1 heterocycles. The van der Waals surface area contributed by atoms with Gasteiger partial charge >= 0.3 is 6.03 Å². The third-order valence-electron chi connectivity index (χ3n) is 5.73. The smallest absolute Gasteiger partial charge is 0.335 e. The number of anilines is 1. The number of imide groups is 2. The van der Waals surface area contributed by atoms with Crippen LogP contribution >= 0.6 is 27.5 Å². The molecule has 200 valence electrons. The van der Waals surface area contributed by atoms with Crippen molar-refractivity contribution < 1.29 is 28.8 Å². The van der Waals surface area contributed by atoms with Crippen LogP contribution in [0, 0.1) is 17.0 Å². The molecule has 0 atom stereocenters. The number of non-ortho nitro benzene ring substituents is 1. The minimum absolute atomic E-state index is 0.0255. The number of nitro benzene ring substituents is 1. The van der Waals surface area contributed by atoms with Crippen molar-refractivity contribution in [1.29, 1.82) is 0 Å². The first-order chi connectivity index (χ1) is 18.6. The first kappa shape index (κ1) is 27.8. The number of carbonyl (C=O) groups excluding carboxylic acids is 3. The summed E-state index contributed by atoms with van der Waals surface area (Å²) in [4.78, 5) is 50.0. The molecule has 0 aliphatic carbocycles. The van der Waals surface area contributed by atoms with E-state index in [1.54, 1.807) is 56.3 Å². The SMILES string of the molecule is CCOc1cc(/C=C2\C(=O)NC(=O)N(c3cccc(Cl)c3C)C2=O)cc(Br)c1OCc1cccc([N+](=O)[O-])c1. The molecule has 0 saturated carbocycles. The van der Waals surface area contributed by atoms with Crippen molar-refractivity contribution in [2.45, 2.75) is 20.5 Å². The van der Waals surface area contributed by atoms with Crippen LogP contribution in [0.3, 0.4) is 0 Å². The van der Waals surface area contributed by atoms with Gasteiger partial charge in [0.1, 0.15) is 12.2 Å². The third kappa shape index (κ3) is 5.94. The molecule has 3 aromatic carbocycles. The predicted molar refractivity (Wildman–Crippen MR) is 148 cm³/mol. The van der Waals surface area contributed by atoms with E-state index >= 15 is 0 Å². The minimum atomic E-state index is -0.881. The average Bonchev–Trinajstić information content (AvgIpc) is 2.88. The van der Waals surface area contributed by atoms with E-state index in [2.05, 4.69) is 21.2 Å². The summed E-state index contributed by atoms with van der Waals surface area (Å²) in [6.07, 6.45) is 1.34. The topological polar surface area (TPSA) is 128 Å². The van der Waals surface area contributed by atoms with E-state index in [0.29, 0.717) is 37.7 Å². The van der Waals surface area contributed by atoms with Gasteiger partial charge in [-0.15, -0.1) is 0 Å². The van der Waals surface area contributed by atoms with E-state index < -0.39 is 22.8 Å².